The molecule has 0 spiro atoms. The van der Waals surface area contributed by atoms with E-state index in [2.05, 4.69) is 0 Å². The minimum absolute atomic E-state index is 0.385. The first kappa shape index (κ1) is 14.0. The Balaban J connectivity index is 2.81. The van der Waals surface area contributed by atoms with E-state index in [1.165, 1.54) is 0 Å². The zero-order valence-electron chi connectivity index (χ0n) is 9.90. The predicted octanol–water partition coefficient (Wildman–Crippen LogP) is -1.17. The summed E-state index contributed by atoms with van der Waals surface area (Å²) in [5.74, 6) is 0.0927. The van der Waals surface area contributed by atoms with Crippen LogP contribution in [0.15, 0.2) is 24.3 Å². The summed E-state index contributed by atoms with van der Waals surface area (Å²) in [7, 11) is 0. The van der Waals surface area contributed by atoms with Crippen LogP contribution in [0.25, 0.3) is 0 Å². The topological polar surface area (TPSA) is 52.6 Å². The van der Waals surface area contributed by atoms with Gasteiger partial charge in [0, 0.05) is 0 Å². The van der Waals surface area contributed by atoms with E-state index < -0.39 is 27.2 Å². The summed E-state index contributed by atoms with van der Waals surface area (Å²) >= 11 is -0.570. The summed E-state index contributed by atoms with van der Waals surface area (Å²) in [5, 5.41) is 0. The molecule has 0 radical (unpaired) electrons. The molecule has 17 heavy (non-hydrogen) atoms. The fourth-order valence-corrected chi connectivity index (χ4v) is 2.08. The third-order valence-electron chi connectivity index (χ3n) is 2.01. The summed E-state index contributed by atoms with van der Waals surface area (Å²) in [6.07, 6.45) is 0.732. The van der Waals surface area contributed by atoms with Crippen LogP contribution in [0, 0.1) is 0 Å². The van der Waals surface area contributed by atoms with Crippen LogP contribution in [0.2, 0.25) is 0 Å². The van der Waals surface area contributed by atoms with Gasteiger partial charge in [-0.1, -0.05) is 0 Å². The van der Waals surface area contributed by atoms with Crippen LogP contribution in [0.1, 0.15) is 24.2 Å². The molecule has 0 heterocycles. The molecule has 0 aliphatic heterocycles. The molecule has 1 rings (SSSR count). The molecule has 0 aromatic heterocycles. The maximum atomic E-state index is 11.6. The molecule has 5 heteroatoms. The fourth-order valence-electron chi connectivity index (χ4n) is 1.15. The van der Waals surface area contributed by atoms with Crippen LogP contribution in [-0.2, 0) is 7.86 Å². The van der Waals surface area contributed by atoms with Crippen LogP contribution in [0.5, 0.6) is 5.75 Å². The van der Waals surface area contributed by atoms with Crippen molar-refractivity contribution in [3.05, 3.63) is 29.8 Å². The van der Waals surface area contributed by atoms with E-state index in [-0.39, 0.29) is 5.97 Å². The molecule has 0 amide bonds. The molecule has 0 saturated heterocycles. The number of ether oxygens (including phenoxy) is 1. The molecule has 94 valence electrons. The Morgan fingerprint density at radius 1 is 1.41 bits per heavy atom. The van der Waals surface area contributed by atoms with Crippen molar-refractivity contribution in [3.63, 3.8) is 0 Å². The monoisotopic (exact) mass is 349 g/mol. The molecule has 0 unspecified atom stereocenters. The van der Waals surface area contributed by atoms with Gasteiger partial charge in [0.05, 0.1) is 0 Å². The number of benzene rings is 1. The van der Waals surface area contributed by atoms with E-state index in [0.717, 1.165) is 6.29 Å². The molecule has 0 atom stereocenters. The molecule has 1 aromatic carbocycles. The summed E-state index contributed by atoms with van der Waals surface area (Å²) in [4.78, 5) is 24.1. The van der Waals surface area contributed by atoms with Crippen LogP contribution >= 0.6 is 0 Å². The molecule has 0 N–H and O–H groups in total. The third kappa shape index (κ3) is 3.99. The first-order valence-corrected chi connectivity index (χ1v) is 7.98. The van der Waals surface area contributed by atoms with Gasteiger partial charge in [0.25, 0.3) is 0 Å². The predicted molar refractivity (Wildman–Crippen MR) is 58.6 cm³/mol. The van der Waals surface area contributed by atoms with Crippen molar-refractivity contribution in [1.82, 2.24) is 0 Å². The maximum absolute atomic E-state index is 11.6. The second kappa shape index (κ2) is 6.00. The van der Waals surface area contributed by atoms with Crippen molar-refractivity contribution in [3.8, 4) is 5.75 Å². The molecule has 0 aliphatic rings. The van der Waals surface area contributed by atoms with Crippen molar-refractivity contribution in [1.29, 1.82) is 0 Å². The average Bonchev–Trinajstić information content (AvgIpc) is 2.29. The molecular weight excluding hydrogens is 335 g/mol. The van der Waals surface area contributed by atoms with Crippen LogP contribution in [-0.4, -0.2) is 22.8 Å². The Morgan fingerprint density at radius 2 is 2.12 bits per heavy atom. The zero-order valence-corrected chi connectivity index (χ0v) is 12.1. The second-order valence-electron chi connectivity index (χ2n) is 3.82. The summed E-state index contributed by atoms with van der Waals surface area (Å²) in [6, 6.07) is 6.65. The van der Waals surface area contributed by atoms with E-state index in [4.69, 9.17) is 7.80 Å². The van der Waals surface area contributed by atoms with Crippen molar-refractivity contribution in [2.75, 3.05) is 4.93 Å². The van der Waals surface area contributed by atoms with Gasteiger partial charge < -0.3 is 0 Å². The normalized spacial score (nSPS) is 11.0. The molecule has 1 aromatic rings. The van der Waals surface area contributed by atoms with E-state index >= 15 is 0 Å². The average molecular weight is 349 g/mol. The van der Waals surface area contributed by atoms with Gasteiger partial charge in [-0.05, 0) is 0 Å². The molecule has 0 bridgehead atoms. The summed E-state index contributed by atoms with van der Waals surface area (Å²) in [6.45, 7) is 3.28. The van der Waals surface area contributed by atoms with Gasteiger partial charge in [0.15, 0.2) is 0 Å². The number of aldehydes is 1. The molecule has 4 nitrogen and oxygen atoms in total. The number of carbonyl (C=O) groups is 2. The number of rotatable bonds is 5. The van der Waals surface area contributed by atoms with Crippen molar-refractivity contribution in [2.45, 2.75) is 19.4 Å². The van der Waals surface area contributed by atoms with E-state index in [1.54, 1.807) is 38.1 Å². The second-order valence-corrected chi connectivity index (χ2v) is 5.14. The van der Waals surface area contributed by atoms with Crippen molar-refractivity contribution in [2.24, 2.45) is 0 Å². The van der Waals surface area contributed by atoms with Gasteiger partial charge >= 0.3 is 111 Å². The Bertz CT molecular complexity index is 415. The molecule has 0 saturated carbocycles. The van der Waals surface area contributed by atoms with E-state index in [0.29, 0.717) is 11.3 Å². The first-order valence-electron chi connectivity index (χ1n) is 4.94. The molecular formula is C12H14IO4-. The van der Waals surface area contributed by atoms with E-state index in [1.807, 2.05) is 4.93 Å². The Labute approximate surface area is 111 Å². The first-order chi connectivity index (χ1) is 7.99. The van der Waals surface area contributed by atoms with Crippen LogP contribution < -0.4 is 26.4 Å². The fraction of sp³-hybridized carbons (Fsp3) is 0.333. The quantitative estimate of drug-likeness (QED) is 0.382. The number of hydrogen-bond acceptors (Lipinski definition) is 4. The Kier molecular flexibility index (Phi) is 4.92. The summed E-state index contributed by atoms with van der Waals surface area (Å²) < 4.78 is 10.6. The van der Waals surface area contributed by atoms with Gasteiger partial charge in [-0.3, -0.25) is 0 Å². The van der Waals surface area contributed by atoms with Gasteiger partial charge in [0.2, 0.25) is 0 Å². The third-order valence-corrected chi connectivity index (χ3v) is 2.85. The van der Waals surface area contributed by atoms with Crippen LogP contribution in [0.4, 0.5) is 0 Å². The van der Waals surface area contributed by atoms with Crippen LogP contribution in [0.3, 0.4) is 0 Å². The SMILES string of the molecule is C[I-]OC(=O)C(C)(C)Oc1cccc(C=O)c1. The van der Waals surface area contributed by atoms with Gasteiger partial charge in [-0.15, -0.1) is 0 Å². The Morgan fingerprint density at radius 3 is 2.71 bits per heavy atom. The summed E-state index contributed by atoms with van der Waals surface area (Å²) in [5.41, 5.74) is -0.536. The molecule has 0 aliphatic carbocycles. The zero-order chi connectivity index (χ0) is 12.9. The Hall–Kier alpha value is -1.11. The standard InChI is InChI=1S/C12H14IO4/c1-12(2,11(15)17-13-3)16-10-6-4-5-9(7-10)8-14/h4-8H,1-3H3/q-1. The van der Waals surface area contributed by atoms with Gasteiger partial charge in [0.1, 0.15) is 0 Å². The van der Waals surface area contributed by atoms with Crippen molar-refractivity contribution >= 4 is 12.3 Å². The van der Waals surface area contributed by atoms with Crippen molar-refractivity contribution < 1.29 is 39.0 Å². The number of alkyl halides is 1. The van der Waals surface area contributed by atoms with Gasteiger partial charge in [-0.25, -0.2) is 0 Å². The number of hydrogen-bond donors (Lipinski definition) is 0. The van der Waals surface area contributed by atoms with E-state index in [9.17, 15) is 9.59 Å². The number of carbonyl (C=O) groups excluding carboxylic acids is 2. The minimum atomic E-state index is -1.04. The number of halogens is 1. The van der Waals surface area contributed by atoms with Gasteiger partial charge in [-0.2, -0.15) is 0 Å². The molecule has 0 fully saturated rings.